The molecule has 0 atom stereocenters. The van der Waals surface area contributed by atoms with Gasteiger partial charge in [0.25, 0.3) is 0 Å². The zero-order valence-electron chi connectivity index (χ0n) is 26.8. The van der Waals surface area contributed by atoms with Crippen molar-refractivity contribution in [2.45, 2.75) is 13.8 Å². The van der Waals surface area contributed by atoms with Gasteiger partial charge < -0.3 is 18.9 Å². The van der Waals surface area contributed by atoms with E-state index in [1.54, 1.807) is 94.9 Å². The molecule has 0 aromatic heterocycles. The van der Waals surface area contributed by atoms with E-state index in [1.807, 2.05) is 41.3 Å². The maximum atomic E-state index is 12.2. The Bertz CT molecular complexity index is 1870. The van der Waals surface area contributed by atoms with Gasteiger partial charge in [-0.05, 0) is 110 Å². The molecule has 0 saturated carbocycles. The molecule has 48 heavy (non-hydrogen) atoms. The Hall–Kier alpha value is -5.75. The van der Waals surface area contributed by atoms with Crippen molar-refractivity contribution in [3.05, 3.63) is 114 Å². The predicted octanol–water partition coefficient (Wildman–Crippen LogP) is 7.46. The maximum absolute atomic E-state index is 12.2. The number of para-hydroxylation sites is 1. The summed E-state index contributed by atoms with van der Waals surface area (Å²) in [5.41, 5.74) is 3.57. The number of benzene rings is 4. The van der Waals surface area contributed by atoms with Crippen molar-refractivity contribution in [3.8, 4) is 11.5 Å². The van der Waals surface area contributed by atoms with Crippen LogP contribution in [0.2, 0.25) is 0 Å². The summed E-state index contributed by atoms with van der Waals surface area (Å²) in [6.45, 7) is 4.09. The van der Waals surface area contributed by atoms with Gasteiger partial charge in [0.1, 0.15) is 5.04 Å². The number of ether oxygens (including phenoxy) is 4. The van der Waals surface area contributed by atoms with Crippen LogP contribution in [-0.4, -0.2) is 61.6 Å². The lowest BCUT2D eigenvalue weighted by molar-refractivity contribution is 0.0517. The summed E-state index contributed by atoms with van der Waals surface area (Å²) in [5, 5.41) is 10.0. The molecule has 1 aliphatic heterocycles. The first kappa shape index (κ1) is 33.6. The van der Waals surface area contributed by atoms with Crippen LogP contribution in [0.3, 0.4) is 0 Å². The molecule has 11 nitrogen and oxygen atoms in total. The summed E-state index contributed by atoms with van der Waals surface area (Å²) in [4.78, 5) is 36.2. The molecule has 4 aromatic carbocycles. The van der Waals surface area contributed by atoms with Crippen molar-refractivity contribution in [1.29, 1.82) is 0 Å². The highest BCUT2D eigenvalue weighted by Gasteiger charge is 2.35. The molecule has 1 aliphatic rings. The number of carbonyl (C=O) groups is 2. The SMILES string of the molecule is CCOC(=O)c1ccc(N=C2S/C(=N/N=C\c3ccc(OC)c(OC)c3)N(c3ccccc3)C2=Nc2ccc(C(=O)OCC)cc2)cc1. The largest absolute Gasteiger partial charge is 0.493 e. The van der Waals surface area contributed by atoms with Crippen molar-refractivity contribution in [2.24, 2.45) is 20.2 Å². The molecule has 0 spiro atoms. The lowest BCUT2D eigenvalue weighted by atomic mass is 10.2. The lowest BCUT2D eigenvalue weighted by Gasteiger charge is -2.17. The van der Waals surface area contributed by atoms with E-state index >= 15 is 0 Å². The topological polar surface area (TPSA) is 124 Å². The van der Waals surface area contributed by atoms with E-state index < -0.39 is 11.9 Å². The summed E-state index contributed by atoms with van der Waals surface area (Å²) >= 11 is 1.29. The summed E-state index contributed by atoms with van der Waals surface area (Å²) < 4.78 is 21.0. The fourth-order valence-corrected chi connectivity index (χ4v) is 5.42. The van der Waals surface area contributed by atoms with Gasteiger partial charge in [0.05, 0.1) is 56.1 Å². The van der Waals surface area contributed by atoms with Gasteiger partial charge >= 0.3 is 11.9 Å². The molecule has 0 aliphatic carbocycles. The second-order valence-corrected chi connectivity index (χ2v) is 10.9. The highest BCUT2D eigenvalue weighted by atomic mass is 32.2. The van der Waals surface area contributed by atoms with Gasteiger partial charge in [0.15, 0.2) is 17.3 Å². The van der Waals surface area contributed by atoms with E-state index in [1.165, 1.54) is 11.8 Å². The molecule has 4 aromatic rings. The quantitative estimate of drug-likeness (QED) is 0.0920. The van der Waals surface area contributed by atoms with E-state index in [0.717, 1.165) is 11.3 Å². The molecule has 0 N–H and O–H groups in total. The fourth-order valence-electron chi connectivity index (χ4n) is 4.50. The zero-order valence-corrected chi connectivity index (χ0v) is 27.6. The van der Waals surface area contributed by atoms with E-state index in [-0.39, 0.29) is 13.2 Å². The Morgan fingerprint density at radius 2 is 1.31 bits per heavy atom. The van der Waals surface area contributed by atoms with E-state index in [0.29, 0.717) is 50.0 Å². The van der Waals surface area contributed by atoms with Gasteiger partial charge in [-0.15, -0.1) is 5.10 Å². The van der Waals surface area contributed by atoms with Crippen LogP contribution >= 0.6 is 11.8 Å². The molecule has 1 fully saturated rings. The fraction of sp³-hybridized carbons (Fsp3) is 0.167. The molecule has 12 heteroatoms. The first-order valence-corrected chi connectivity index (χ1v) is 15.8. The number of hydrogen-bond acceptors (Lipinski definition) is 11. The molecule has 1 heterocycles. The van der Waals surface area contributed by atoms with Gasteiger partial charge in [-0.3, -0.25) is 4.90 Å². The number of thioether (sulfide) groups is 1. The molecular weight excluding hydrogens is 630 g/mol. The van der Waals surface area contributed by atoms with Crippen molar-refractivity contribution >= 4 is 63.0 Å². The second kappa shape index (κ2) is 16.2. The van der Waals surface area contributed by atoms with Gasteiger partial charge in [0, 0.05) is 5.69 Å². The Labute approximate surface area is 282 Å². The summed E-state index contributed by atoms with van der Waals surface area (Å²) in [7, 11) is 3.15. The Morgan fingerprint density at radius 3 is 1.88 bits per heavy atom. The molecule has 0 bridgehead atoms. The minimum Gasteiger partial charge on any atom is -0.493 e. The molecule has 1 saturated heterocycles. The summed E-state index contributed by atoms with van der Waals surface area (Å²) in [5.74, 6) is 0.855. The van der Waals surface area contributed by atoms with Crippen LogP contribution in [0.15, 0.2) is 117 Å². The number of amidine groups is 2. The van der Waals surface area contributed by atoms with Gasteiger partial charge in [-0.2, -0.15) is 5.10 Å². The average molecular weight is 664 g/mol. The van der Waals surface area contributed by atoms with Gasteiger partial charge in [-0.1, -0.05) is 18.2 Å². The third-order valence-corrected chi connectivity index (χ3v) is 7.69. The number of hydrogen-bond donors (Lipinski definition) is 0. The number of anilines is 1. The van der Waals surface area contributed by atoms with Crippen LogP contribution in [0.1, 0.15) is 40.1 Å². The third kappa shape index (κ3) is 8.15. The van der Waals surface area contributed by atoms with Crippen molar-refractivity contribution in [3.63, 3.8) is 0 Å². The van der Waals surface area contributed by atoms with E-state index in [9.17, 15) is 9.59 Å². The normalized spacial score (nSPS) is 15.3. The predicted molar refractivity (Wildman–Crippen MR) is 190 cm³/mol. The second-order valence-electron chi connectivity index (χ2n) is 9.90. The van der Waals surface area contributed by atoms with Gasteiger partial charge in [-0.25, -0.2) is 19.6 Å². The smallest absolute Gasteiger partial charge is 0.338 e. The Kier molecular flexibility index (Phi) is 11.3. The maximum Gasteiger partial charge on any atom is 0.338 e. The highest BCUT2D eigenvalue weighted by Crippen LogP contribution is 2.33. The molecule has 0 unspecified atom stereocenters. The molecular formula is C36H33N5O6S. The van der Waals surface area contributed by atoms with Crippen LogP contribution in [0, 0.1) is 0 Å². The van der Waals surface area contributed by atoms with Gasteiger partial charge in [0.2, 0.25) is 5.17 Å². The minimum absolute atomic E-state index is 0.281. The lowest BCUT2D eigenvalue weighted by Crippen LogP contribution is -2.30. The summed E-state index contributed by atoms with van der Waals surface area (Å²) in [6.07, 6.45) is 1.62. The number of methoxy groups -OCH3 is 2. The van der Waals surface area contributed by atoms with Crippen LogP contribution < -0.4 is 14.4 Å². The van der Waals surface area contributed by atoms with Crippen LogP contribution in [0.4, 0.5) is 17.1 Å². The molecule has 0 radical (unpaired) electrons. The Morgan fingerprint density at radius 1 is 0.729 bits per heavy atom. The van der Waals surface area contributed by atoms with Crippen molar-refractivity contribution < 1.29 is 28.5 Å². The zero-order chi connectivity index (χ0) is 33.9. The van der Waals surface area contributed by atoms with Crippen molar-refractivity contribution in [1.82, 2.24) is 0 Å². The van der Waals surface area contributed by atoms with Crippen molar-refractivity contribution in [2.75, 3.05) is 32.3 Å². The van der Waals surface area contributed by atoms with Crippen LogP contribution in [0.5, 0.6) is 11.5 Å². The number of aliphatic imine (C=N–C) groups is 2. The van der Waals surface area contributed by atoms with Crippen LogP contribution in [0.25, 0.3) is 0 Å². The summed E-state index contributed by atoms with van der Waals surface area (Å²) in [6, 6.07) is 28.7. The van der Waals surface area contributed by atoms with E-state index in [2.05, 4.69) is 10.2 Å². The number of rotatable bonds is 11. The molecule has 0 amide bonds. The highest BCUT2D eigenvalue weighted by molar-refractivity contribution is 8.29. The van der Waals surface area contributed by atoms with E-state index in [4.69, 9.17) is 28.9 Å². The first-order valence-electron chi connectivity index (χ1n) is 15.0. The standard InChI is InChI=1S/C36H33N5O6S/c1-5-46-34(42)25-13-17-27(18-14-25)38-32-33(39-28-19-15-26(16-20-28)35(43)47-6-2)48-36(41(32)29-10-8-7-9-11-29)40-37-23-24-12-21-30(44-3)31(22-24)45-4/h7-23H,5-6H2,1-4H3/b37-23-,38-32?,39-33?,40-36+. The molecule has 244 valence electrons. The first-order chi connectivity index (χ1) is 23.4. The third-order valence-electron chi connectivity index (χ3n) is 6.78. The molecule has 5 rings (SSSR count). The van der Waals surface area contributed by atoms with Crippen LogP contribution in [-0.2, 0) is 9.47 Å². The Balaban J connectivity index is 1.58. The number of nitrogens with zero attached hydrogens (tertiary/aromatic N) is 5. The average Bonchev–Trinajstić information content (AvgIpc) is 3.44. The number of carbonyl (C=O) groups excluding carboxylic acids is 2. The monoisotopic (exact) mass is 663 g/mol. The number of esters is 2. The minimum atomic E-state index is -0.408.